The molecule has 2 fully saturated rings. The number of benzene rings is 1. The van der Waals surface area contributed by atoms with Crippen molar-refractivity contribution in [1.82, 2.24) is 9.80 Å². The van der Waals surface area contributed by atoms with E-state index in [1.165, 1.54) is 5.56 Å². The van der Waals surface area contributed by atoms with Crippen LogP contribution in [0.1, 0.15) is 37.2 Å². The smallest absolute Gasteiger partial charge is 0.303 e. The number of nitrogens with zero attached hydrogens (tertiary/aromatic N) is 2. The van der Waals surface area contributed by atoms with Crippen LogP contribution in [0, 0.1) is 11.8 Å². The van der Waals surface area contributed by atoms with Crippen LogP contribution in [-0.2, 0) is 9.59 Å². The van der Waals surface area contributed by atoms with E-state index in [0.29, 0.717) is 18.4 Å². The highest BCUT2D eigenvalue weighted by Crippen LogP contribution is 2.48. The molecule has 0 spiro atoms. The van der Waals surface area contributed by atoms with Crippen molar-refractivity contribution in [3.05, 3.63) is 35.9 Å². The highest BCUT2D eigenvalue weighted by molar-refractivity contribution is 5.83. The van der Waals surface area contributed by atoms with Gasteiger partial charge < -0.3 is 15.7 Å². The number of hydrogen-bond donors (Lipinski definition) is 2. The van der Waals surface area contributed by atoms with Gasteiger partial charge in [0.05, 0.1) is 0 Å². The molecular formula is C21H31N3O3. The number of carboxylic acids is 1. The van der Waals surface area contributed by atoms with Gasteiger partial charge in [0.15, 0.2) is 0 Å². The van der Waals surface area contributed by atoms with Crippen molar-refractivity contribution in [2.24, 2.45) is 17.6 Å². The van der Waals surface area contributed by atoms with E-state index in [0.717, 1.165) is 52.0 Å². The Morgan fingerprint density at radius 1 is 1.15 bits per heavy atom. The number of piperazine rings is 1. The zero-order valence-electron chi connectivity index (χ0n) is 15.9. The van der Waals surface area contributed by atoms with Crippen molar-refractivity contribution in [2.45, 2.75) is 31.6 Å². The van der Waals surface area contributed by atoms with Crippen LogP contribution in [-0.4, -0.2) is 66.1 Å². The van der Waals surface area contributed by atoms with Gasteiger partial charge in [0.25, 0.3) is 0 Å². The maximum absolute atomic E-state index is 12.7. The standard InChI is InChI=1S/C21H31N3O3/c22-15-16(13-20(25)26)5-4-8-23-9-11-24(12-10-23)21(27)19-14-18(19)17-6-2-1-3-7-17/h1-3,6-7,16,18-19H,4-5,8-15,22H2,(H,25,26)/t16-,18-,19+/m0/s1. The largest absolute Gasteiger partial charge is 0.481 e. The second-order valence-corrected chi connectivity index (χ2v) is 7.87. The number of carbonyl (C=O) groups is 2. The third-order valence-corrected chi connectivity index (χ3v) is 5.90. The number of aliphatic carboxylic acids is 1. The van der Waals surface area contributed by atoms with E-state index >= 15 is 0 Å². The molecule has 1 heterocycles. The lowest BCUT2D eigenvalue weighted by atomic mass is 9.99. The lowest BCUT2D eigenvalue weighted by Crippen LogP contribution is -2.49. The third kappa shape index (κ3) is 5.53. The number of rotatable bonds is 9. The molecule has 1 saturated carbocycles. The molecule has 3 N–H and O–H groups in total. The number of amides is 1. The summed E-state index contributed by atoms with van der Waals surface area (Å²) in [7, 11) is 0. The fraction of sp³-hybridized carbons (Fsp3) is 0.619. The quantitative estimate of drug-likeness (QED) is 0.689. The van der Waals surface area contributed by atoms with Crippen molar-refractivity contribution >= 4 is 11.9 Å². The Hall–Kier alpha value is -1.92. The van der Waals surface area contributed by atoms with Crippen LogP contribution in [0.5, 0.6) is 0 Å². The molecule has 0 bridgehead atoms. The molecule has 1 aromatic carbocycles. The van der Waals surface area contributed by atoms with Crippen LogP contribution >= 0.6 is 0 Å². The average molecular weight is 373 g/mol. The first-order valence-electron chi connectivity index (χ1n) is 10.1. The van der Waals surface area contributed by atoms with Gasteiger partial charge in [-0.3, -0.25) is 14.5 Å². The molecule has 6 nitrogen and oxygen atoms in total. The molecule has 1 saturated heterocycles. The van der Waals surface area contributed by atoms with Crippen molar-refractivity contribution in [2.75, 3.05) is 39.3 Å². The Bertz CT molecular complexity index is 629. The van der Waals surface area contributed by atoms with Gasteiger partial charge in [0.2, 0.25) is 5.91 Å². The molecule has 0 aromatic heterocycles. The molecule has 0 unspecified atom stereocenters. The van der Waals surface area contributed by atoms with E-state index in [-0.39, 0.29) is 18.3 Å². The van der Waals surface area contributed by atoms with Crippen molar-refractivity contribution in [3.8, 4) is 0 Å². The molecular weight excluding hydrogens is 342 g/mol. The van der Waals surface area contributed by atoms with Gasteiger partial charge in [-0.2, -0.15) is 0 Å². The monoisotopic (exact) mass is 373 g/mol. The predicted molar refractivity (Wildman–Crippen MR) is 104 cm³/mol. The second-order valence-electron chi connectivity index (χ2n) is 7.87. The van der Waals surface area contributed by atoms with Crippen molar-refractivity contribution in [3.63, 3.8) is 0 Å². The lowest BCUT2D eigenvalue weighted by molar-refractivity contribution is -0.138. The Morgan fingerprint density at radius 3 is 2.48 bits per heavy atom. The first-order chi connectivity index (χ1) is 13.1. The van der Waals surface area contributed by atoms with Gasteiger partial charge >= 0.3 is 5.97 Å². The van der Waals surface area contributed by atoms with Gasteiger partial charge in [0, 0.05) is 38.5 Å². The molecule has 1 amide bonds. The molecule has 148 valence electrons. The Labute approximate surface area is 161 Å². The van der Waals surface area contributed by atoms with Gasteiger partial charge in [-0.05, 0) is 49.8 Å². The summed E-state index contributed by atoms with van der Waals surface area (Å²) in [4.78, 5) is 27.9. The van der Waals surface area contributed by atoms with Crippen LogP contribution < -0.4 is 5.73 Å². The van der Waals surface area contributed by atoms with Crippen LogP contribution in [0.15, 0.2) is 30.3 Å². The van der Waals surface area contributed by atoms with Crippen molar-refractivity contribution in [1.29, 1.82) is 0 Å². The summed E-state index contributed by atoms with van der Waals surface area (Å²) in [5, 5.41) is 8.88. The summed E-state index contributed by atoms with van der Waals surface area (Å²) >= 11 is 0. The molecule has 2 aliphatic rings. The Balaban J connectivity index is 1.35. The predicted octanol–water partition coefficient (Wildman–Crippen LogP) is 1.76. The maximum atomic E-state index is 12.7. The Kier molecular flexibility index (Phi) is 6.85. The average Bonchev–Trinajstić information content (AvgIpc) is 3.48. The van der Waals surface area contributed by atoms with E-state index in [9.17, 15) is 9.59 Å². The first-order valence-corrected chi connectivity index (χ1v) is 10.1. The van der Waals surface area contributed by atoms with Crippen LogP contribution in [0.25, 0.3) is 0 Å². The summed E-state index contributed by atoms with van der Waals surface area (Å²) in [5.74, 6) is 0.175. The van der Waals surface area contributed by atoms with Gasteiger partial charge in [-0.1, -0.05) is 30.3 Å². The highest BCUT2D eigenvalue weighted by atomic mass is 16.4. The van der Waals surface area contributed by atoms with Gasteiger partial charge in [-0.15, -0.1) is 0 Å². The van der Waals surface area contributed by atoms with E-state index in [2.05, 4.69) is 17.0 Å². The minimum absolute atomic E-state index is 0.0650. The van der Waals surface area contributed by atoms with E-state index in [1.54, 1.807) is 0 Å². The number of carbonyl (C=O) groups excluding carboxylic acids is 1. The zero-order chi connectivity index (χ0) is 19.2. The second kappa shape index (κ2) is 9.33. The summed E-state index contributed by atoms with van der Waals surface area (Å²) in [6, 6.07) is 10.3. The van der Waals surface area contributed by atoms with E-state index < -0.39 is 5.97 Å². The molecule has 0 radical (unpaired) electrons. The summed E-state index contributed by atoms with van der Waals surface area (Å²) in [6.07, 6.45) is 2.94. The molecule has 6 heteroatoms. The third-order valence-electron chi connectivity index (χ3n) is 5.90. The molecule has 1 aliphatic heterocycles. The molecule has 27 heavy (non-hydrogen) atoms. The summed E-state index contributed by atoms with van der Waals surface area (Å²) < 4.78 is 0. The number of hydrogen-bond acceptors (Lipinski definition) is 4. The molecule has 3 atom stereocenters. The lowest BCUT2D eigenvalue weighted by Gasteiger charge is -2.35. The number of nitrogens with two attached hydrogens (primary N) is 1. The SMILES string of the molecule is NC[C@@H](CCCN1CCN(C(=O)[C@@H]2C[C@H]2c2ccccc2)CC1)CC(=O)O. The molecule has 1 aliphatic carbocycles. The number of carboxylic acid groups (broad SMARTS) is 1. The maximum Gasteiger partial charge on any atom is 0.303 e. The zero-order valence-corrected chi connectivity index (χ0v) is 15.9. The topological polar surface area (TPSA) is 86.9 Å². The minimum Gasteiger partial charge on any atom is -0.481 e. The molecule has 1 aromatic rings. The molecule has 3 rings (SSSR count). The summed E-state index contributed by atoms with van der Waals surface area (Å²) in [6.45, 7) is 4.78. The van der Waals surface area contributed by atoms with Crippen LogP contribution in [0.4, 0.5) is 0 Å². The first kappa shape index (κ1) is 19.8. The van der Waals surface area contributed by atoms with E-state index in [1.807, 2.05) is 23.1 Å². The fourth-order valence-electron chi connectivity index (χ4n) is 4.12. The van der Waals surface area contributed by atoms with Crippen LogP contribution in [0.3, 0.4) is 0 Å². The van der Waals surface area contributed by atoms with Crippen molar-refractivity contribution < 1.29 is 14.7 Å². The highest BCUT2D eigenvalue weighted by Gasteiger charge is 2.45. The fourth-order valence-corrected chi connectivity index (χ4v) is 4.12. The minimum atomic E-state index is -0.772. The van der Waals surface area contributed by atoms with Gasteiger partial charge in [0.1, 0.15) is 0 Å². The van der Waals surface area contributed by atoms with E-state index in [4.69, 9.17) is 10.8 Å². The normalized spacial score (nSPS) is 23.8. The Morgan fingerprint density at radius 2 is 1.85 bits per heavy atom. The summed E-state index contributed by atoms with van der Waals surface area (Å²) in [5.41, 5.74) is 6.94. The van der Waals surface area contributed by atoms with Gasteiger partial charge in [-0.25, -0.2) is 0 Å². The van der Waals surface area contributed by atoms with Crippen LogP contribution in [0.2, 0.25) is 0 Å².